The van der Waals surface area contributed by atoms with E-state index in [1.165, 1.54) is 0 Å². The Labute approximate surface area is 122 Å². The summed E-state index contributed by atoms with van der Waals surface area (Å²) in [6.07, 6.45) is 2.39. The standard InChI is InChI=1S/C13H20N4O4/c1-3-16-12(11(17(20)21)8(2)15-16)14-7-9-5-4-6-10(9)13(18)19/h9-10,14H,3-7H2,1-2H3,(H,18,19). The molecular formula is C13H20N4O4. The van der Waals surface area contributed by atoms with Gasteiger partial charge in [-0.15, -0.1) is 0 Å². The summed E-state index contributed by atoms with van der Waals surface area (Å²) < 4.78 is 1.55. The van der Waals surface area contributed by atoms with Crippen LogP contribution in [0, 0.1) is 28.9 Å². The largest absolute Gasteiger partial charge is 0.481 e. The molecule has 1 heterocycles. The van der Waals surface area contributed by atoms with Crippen molar-refractivity contribution in [2.75, 3.05) is 11.9 Å². The van der Waals surface area contributed by atoms with Crippen LogP contribution in [0.3, 0.4) is 0 Å². The maximum absolute atomic E-state index is 11.2. The van der Waals surface area contributed by atoms with Crippen molar-refractivity contribution in [3.05, 3.63) is 15.8 Å². The summed E-state index contributed by atoms with van der Waals surface area (Å²) in [7, 11) is 0. The smallest absolute Gasteiger partial charge is 0.333 e. The molecule has 0 saturated heterocycles. The molecule has 0 bridgehead atoms. The van der Waals surface area contributed by atoms with Crippen molar-refractivity contribution < 1.29 is 14.8 Å². The third-order valence-corrected chi connectivity index (χ3v) is 4.09. The van der Waals surface area contributed by atoms with Crippen LogP contribution in [0.4, 0.5) is 11.5 Å². The molecule has 0 radical (unpaired) electrons. The van der Waals surface area contributed by atoms with E-state index in [4.69, 9.17) is 0 Å². The van der Waals surface area contributed by atoms with Gasteiger partial charge < -0.3 is 10.4 Å². The quantitative estimate of drug-likeness (QED) is 0.614. The maximum atomic E-state index is 11.2. The van der Waals surface area contributed by atoms with Crippen LogP contribution < -0.4 is 5.32 Å². The molecule has 1 aromatic heterocycles. The molecule has 8 nitrogen and oxygen atoms in total. The summed E-state index contributed by atoms with van der Waals surface area (Å²) in [5, 5.41) is 27.5. The molecule has 2 atom stereocenters. The number of carboxylic acid groups (broad SMARTS) is 1. The summed E-state index contributed by atoms with van der Waals surface area (Å²) in [5.41, 5.74) is 0.340. The van der Waals surface area contributed by atoms with Crippen LogP contribution >= 0.6 is 0 Å². The number of aliphatic carboxylic acids is 1. The van der Waals surface area contributed by atoms with E-state index in [9.17, 15) is 20.0 Å². The average molecular weight is 296 g/mol. The van der Waals surface area contributed by atoms with Gasteiger partial charge in [-0.2, -0.15) is 5.10 Å². The first-order valence-electron chi connectivity index (χ1n) is 7.14. The number of nitro groups is 1. The van der Waals surface area contributed by atoms with Gasteiger partial charge in [0, 0.05) is 13.1 Å². The zero-order chi connectivity index (χ0) is 15.6. The lowest BCUT2D eigenvalue weighted by molar-refractivity contribution is -0.384. The topological polar surface area (TPSA) is 110 Å². The van der Waals surface area contributed by atoms with Crippen molar-refractivity contribution in [2.24, 2.45) is 11.8 Å². The van der Waals surface area contributed by atoms with Crippen LogP contribution in [0.2, 0.25) is 0 Å². The van der Waals surface area contributed by atoms with E-state index in [1.807, 2.05) is 6.92 Å². The number of aromatic nitrogens is 2. The average Bonchev–Trinajstić information content (AvgIpc) is 2.99. The van der Waals surface area contributed by atoms with Gasteiger partial charge in [0.15, 0.2) is 0 Å². The third-order valence-electron chi connectivity index (χ3n) is 4.09. The van der Waals surface area contributed by atoms with E-state index in [1.54, 1.807) is 11.6 Å². The van der Waals surface area contributed by atoms with Gasteiger partial charge in [-0.1, -0.05) is 6.42 Å². The van der Waals surface area contributed by atoms with Crippen molar-refractivity contribution in [1.82, 2.24) is 9.78 Å². The van der Waals surface area contributed by atoms with Crippen LogP contribution in [-0.4, -0.2) is 32.3 Å². The Morgan fingerprint density at radius 2 is 2.29 bits per heavy atom. The molecule has 1 fully saturated rings. The highest BCUT2D eigenvalue weighted by Crippen LogP contribution is 2.34. The van der Waals surface area contributed by atoms with Crippen LogP contribution in [0.25, 0.3) is 0 Å². The predicted octanol–water partition coefficient (Wildman–Crippen LogP) is 2.03. The third kappa shape index (κ3) is 2.98. The Morgan fingerprint density at radius 1 is 1.57 bits per heavy atom. The summed E-state index contributed by atoms with van der Waals surface area (Å²) >= 11 is 0. The summed E-state index contributed by atoms with van der Waals surface area (Å²) in [6.45, 7) is 4.40. The summed E-state index contributed by atoms with van der Waals surface area (Å²) in [4.78, 5) is 21.9. The van der Waals surface area contributed by atoms with E-state index in [0.717, 1.165) is 12.8 Å². The molecule has 1 saturated carbocycles. The Morgan fingerprint density at radius 3 is 2.86 bits per heavy atom. The second-order valence-electron chi connectivity index (χ2n) is 5.37. The second kappa shape index (κ2) is 6.11. The van der Waals surface area contributed by atoms with Gasteiger partial charge in [0.05, 0.1) is 10.8 Å². The fourth-order valence-corrected chi connectivity index (χ4v) is 3.03. The number of nitrogens with one attached hydrogen (secondary N) is 1. The number of aryl methyl sites for hydroxylation is 2. The molecule has 2 rings (SSSR count). The molecule has 1 aliphatic carbocycles. The molecule has 0 aliphatic heterocycles. The molecule has 116 valence electrons. The molecular weight excluding hydrogens is 276 g/mol. The monoisotopic (exact) mass is 296 g/mol. The summed E-state index contributed by atoms with van der Waals surface area (Å²) in [5.74, 6) is -0.775. The van der Waals surface area contributed by atoms with E-state index in [0.29, 0.717) is 31.0 Å². The van der Waals surface area contributed by atoms with Crippen LogP contribution in [-0.2, 0) is 11.3 Å². The molecule has 2 unspecified atom stereocenters. The number of hydrogen-bond acceptors (Lipinski definition) is 5. The first-order chi connectivity index (χ1) is 9.95. The number of hydrogen-bond donors (Lipinski definition) is 2. The maximum Gasteiger partial charge on any atom is 0.333 e. The highest BCUT2D eigenvalue weighted by Gasteiger charge is 2.33. The van der Waals surface area contributed by atoms with Gasteiger partial charge in [-0.05, 0) is 32.6 Å². The van der Waals surface area contributed by atoms with Crippen LogP contribution in [0.15, 0.2) is 0 Å². The molecule has 21 heavy (non-hydrogen) atoms. The molecule has 0 aromatic carbocycles. The lowest BCUT2D eigenvalue weighted by Gasteiger charge is -2.17. The van der Waals surface area contributed by atoms with E-state index < -0.39 is 10.9 Å². The molecule has 2 N–H and O–H groups in total. The Bertz CT molecular complexity index is 555. The zero-order valence-corrected chi connectivity index (χ0v) is 12.2. The molecule has 1 aliphatic rings. The Kier molecular flexibility index (Phi) is 4.44. The van der Waals surface area contributed by atoms with Crippen molar-refractivity contribution in [1.29, 1.82) is 0 Å². The SMILES string of the molecule is CCn1nc(C)c([N+](=O)[O-])c1NCC1CCCC1C(=O)O. The van der Waals surface area contributed by atoms with Crippen molar-refractivity contribution in [2.45, 2.75) is 39.7 Å². The van der Waals surface area contributed by atoms with Crippen LogP contribution in [0.5, 0.6) is 0 Å². The van der Waals surface area contributed by atoms with E-state index in [2.05, 4.69) is 10.4 Å². The molecule has 0 spiro atoms. The minimum absolute atomic E-state index is 0.00242. The number of anilines is 1. The predicted molar refractivity (Wildman–Crippen MR) is 76.2 cm³/mol. The lowest BCUT2D eigenvalue weighted by Crippen LogP contribution is -2.25. The van der Waals surface area contributed by atoms with Gasteiger partial charge in [-0.3, -0.25) is 14.9 Å². The zero-order valence-electron chi connectivity index (χ0n) is 12.2. The number of nitrogens with zero attached hydrogens (tertiary/aromatic N) is 3. The van der Waals surface area contributed by atoms with Gasteiger partial charge in [0.2, 0.25) is 5.82 Å². The fraction of sp³-hybridized carbons (Fsp3) is 0.692. The van der Waals surface area contributed by atoms with Crippen LogP contribution in [0.1, 0.15) is 31.9 Å². The Balaban J connectivity index is 2.16. The van der Waals surface area contributed by atoms with E-state index >= 15 is 0 Å². The van der Waals surface area contributed by atoms with Gasteiger partial charge in [-0.25, -0.2) is 4.68 Å². The lowest BCUT2D eigenvalue weighted by atomic mass is 9.96. The first kappa shape index (κ1) is 15.3. The van der Waals surface area contributed by atoms with Gasteiger partial charge in [0.25, 0.3) is 0 Å². The number of rotatable bonds is 6. The highest BCUT2D eigenvalue weighted by molar-refractivity contribution is 5.71. The van der Waals surface area contributed by atoms with E-state index in [-0.39, 0.29) is 17.5 Å². The molecule has 8 heteroatoms. The van der Waals surface area contributed by atoms with Crippen molar-refractivity contribution in [3.63, 3.8) is 0 Å². The molecule has 0 amide bonds. The first-order valence-corrected chi connectivity index (χ1v) is 7.14. The van der Waals surface area contributed by atoms with Crippen molar-refractivity contribution >= 4 is 17.5 Å². The van der Waals surface area contributed by atoms with Crippen molar-refractivity contribution in [3.8, 4) is 0 Å². The van der Waals surface area contributed by atoms with Gasteiger partial charge in [0.1, 0.15) is 5.69 Å². The number of carbonyl (C=O) groups is 1. The molecule has 1 aromatic rings. The minimum Gasteiger partial charge on any atom is -0.481 e. The summed E-state index contributed by atoms with van der Waals surface area (Å²) in [6, 6.07) is 0. The normalized spacial score (nSPS) is 21.4. The number of carboxylic acids is 1. The minimum atomic E-state index is -0.783. The van der Waals surface area contributed by atoms with Gasteiger partial charge >= 0.3 is 11.7 Å². The fourth-order valence-electron chi connectivity index (χ4n) is 3.03. The highest BCUT2D eigenvalue weighted by atomic mass is 16.6. The second-order valence-corrected chi connectivity index (χ2v) is 5.37. The Hall–Kier alpha value is -2.12.